The van der Waals surface area contributed by atoms with E-state index in [-0.39, 0.29) is 5.38 Å². The summed E-state index contributed by atoms with van der Waals surface area (Å²) in [4.78, 5) is 0. The van der Waals surface area contributed by atoms with Gasteiger partial charge in [0.15, 0.2) is 0 Å². The van der Waals surface area contributed by atoms with Crippen molar-refractivity contribution in [2.45, 2.75) is 10.7 Å². The van der Waals surface area contributed by atoms with Crippen molar-refractivity contribution in [3.63, 3.8) is 0 Å². The van der Waals surface area contributed by atoms with E-state index in [2.05, 4.69) is 24.3 Å². The molecule has 1 unspecified atom stereocenters. The van der Waals surface area contributed by atoms with E-state index in [9.17, 15) is 0 Å². The monoisotopic (exact) mass is 268 g/mol. The summed E-state index contributed by atoms with van der Waals surface area (Å²) in [6.07, 6.45) is 0. The zero-order chi connectivity index (χ0) is 8.81. The molecule has 1 atom stereocenters. The van der Waals surface area contributed by atoms with Crippen LogP contribution in [0.3, 0.4) is 0 Å². The van der Waals surface area contributed by atoms with Crippen molar-refractivity contribution in [3.8, 4) is 0 Å². The second-order valence-electron chi connectivity index (χ2n) is 2.38. The van der Waals surface area contributed by atoms with Crippen LogP contribution in [0.15, 0.2) is 30.3 Å². The summed E-state index contributed by atoms with van der Waals surface area (Å²) in [7, 11) is 0. The predicted octanol–water partition coefficient (Wildman–Crippen LogP) is 2.28. The van der Waals surface area contributed by atoms with E-state index >= 15 is 0 Å². The van der Waals surface area contributed by atoms with Gasteiger partial charge in [0.05, 0.1) is 0 Å². The molecule has 0 amide bonds. The molecule has 0 spiro atoms. The van der Waals surface area contributed by atoms with Crippen molar-refractivity contribution in [2.75, 3.05) is 5.88 Å². The zero-order valence-electron chi connectivity index (χ0n) is 6.54. The van der Waals surface area contributed by atoms with E-state index in [4.69, 9.17) is 23.2 Å². The van der Waals surface area contributed by atoms with Gasteiger partial charge in [-0.3, -0.25) is 0 Å². The van der Waals surface area contributed by atoms with Gasteiger partial charge in [0.25, 0.3) is 0 Å². The molecule has 0 nitrogen and oxygen atoms in total. The molecule has 0 bridgehead atoms. The van der Waals surface area contributed by atoms with Gasteiger partial charge in [-0.2, -0.15) is 0 Å². The quantitative estimate of drug-likeness (QED) is 0.580. The fourth-order valence-corrected chi connectivity index (χ4v) is 3.24. The minimum atomic E-state index is 0.131. The van der Waals surface area contributed by atoms with Crippen molar-refractivity contribution in [2.24, 2.45) is 0 Å². The first-order chi connectivity index (χ1) is 5.83. The third-order valence-corrected chi connectivity index (χ3v) is 5.06. The molecule has 12 heavy (non-hydrogen) atoms. The Hall–Kier alpha value is 0.319. The van der Waals surface area contributed by atoms with Crippen LogP contribution in [0.4, 0.5) is 0 Å². The number of alkyl halides is 2. The first-order valence-corrected chi connectivity index (χ1v) is 6.74. The molecule has 0 aliphatic carbocycles. The van der Waals surface area contributed by atoms with Gasteiger partial charge >= 0.3 is 89.5 Å². The number of hydrogen-bond acceptors (Lipinski definition) is 0. The Kier molecular flexibility index (Phi) is 5.10. The third kappa shape index (κ3) is 3.82. The maximum absolute atomic E-state index is 5.90. The molecule has 0 fully saturated rings. The normalized spacial score (nSPS) is 12.8. The van der Waals surface area contributed by atoms with Crippen molar-refractivity contribution in [1.29, 1.82) is 0 Å². The molecule has 0 aliphatic heterocycles. The molecule has 0 aliphatic rings. The van der Waals surface area contributed by atoms with Gasteiger partial charge in [0.2, 0.25) is 0 Å². The standard InChI is InChI=1S/C9H10Cl2Se/c10-6-8(11)7-12-9-4-2-1-3-5-9/h1-5,8H,6-7H2. The maximum atomic E-state index is 5.90. The Balaban J connectivity index is 2.33. The summed E-state index contributed by atoms with van der Waals surface area (Å²) in [5, 5.41) is 1.15. The Labute approximate surface area is 89.4 Å². The minimum absolute atomic E-state index is 0.131. The van der Waals surface area contributed by atoms with E-state index in [0.717, 1.165) is 5.32 Å². The van der Waals surface area contributed by atoms with Crippen LogP contribution in [-0.2, 0) is 0 Å². The topological polar surface area (TPSA) is 0 Å². The summed E-state index contributed by atoms with van der Waals surface area (Å²) < 4.78 is 1.39. The van der Waals surface area contributed by atoms with Gasteiger partial charge < -0.3 is 0 Å². The molecular weight excluding hydrogens is 258 g/mol. The number of halogens is 2. The Bertz CT molecular complexity index is 213. The molecule has 1 rings (SSSR count). The van der Waals surface area contributed by atoms with Gasteiger partial charge in [0.1, 0.15) is 0 Å². The fraction of sp³-hybridized carbons (Fsp3) is 0.333. The third-order valence-electron chi connectivity index (χ3n) is 1.34. The summed E-state index contributed by atoms with van der Waals surface area (Å²) in [5.74, 6) is 0.552. The predicted molar refractivity (Wildman–Crippen MR) is 57.0 cm³/mol. The van der Waals surface area contributed by atoms with Crippen LogP contribution >= 0.6 is 23.2 Å². The first kappa shape index (κ1) is 10.4. The second kappa shape index (κ2) is 5.88. The molecule has 66 valence electrons. The Morgan fingerprint density at radius 3 is 2.50 bits per heavy atom. The molecule has 0 saturated heterocycles. The van der Waals surface area contributed by atoms with E-state index in [1.54, 1.807) is 0 Å². The molecular formula is C9H10Cl2Se. The Morgan fingerprint density at radius 2 is 1.92 bits per heavy atom. The molecule has 3 heteroatoms. The fourth-order valence-electron chi connectivity index (χ4n) is 0.748. The molecule has 0 heterocycles. The summed E-state index contributed by atoms with van der Waals surface area (Å²) in [6, 6.07) is 10.4. The van der Waals surface area contributed by atoms with Crippen molar-refractivity contribution in [1.82, 2.24) is 0 Å². The van der Waals surface area contributed by atoms with Crippen LogP contribution in [0.5, 0.6) is 0 Å². The zero-order valence-corrected chi connectivity index (χ0v) is 9.77. The average molecular weight is 268 g/mol. The van der Waals surface area contributed by atoms with Crippen LogP contribution in [0.25, 0.3) is 0 Å². The van der Waals surface area contributed by atoms with Gasteiger partial charge in [-0.05, 0) is 0 Å². The second-order valence-corrected chi connectivity index (χ2v) is 5.60. The molecule has 1 aromatic rings. The number of benzene rings is 1. The summed E-state index contributed by atoms with van der Waals surface area (Å²) in [6.45, 7) is 0. The average Bonchev–Trinajstić information content (AvgIpc) is 2.16. The Morgan fingerprint density at radius 1 is 1.25 bits per heavy atom. The van der Waals surface area contributed by atoms with Crippen LogP contribution in [0, 0.1) is 0 Å². The summed E-state index contributed by atoms with van der Waals surface area (Å²) >= 11 is 12.0. The number of rotatable bonds is 4. The number of hydrogen-bond donors (Lipinski definition) is 0. The van der Waals surface area contributed by atoms with Gasteiger partial charge in [-0.1, -0.05) is 0 Å². The molecule has 0 aromatic heterocycles. The van der Waals surface area contributed by atoms with E-state index in [1.165, 1.54) is 4.46 Å². The van der Waals surface area contributed by atoms with Crippen molar-refractivity contribution < 1.29 is 0 Å². The van der Waals surface area contributed by atoms with Crippen LogP contribution in [0.1, 0.15) is 0 Å². The molecule has 0 saturated carbocycles. The van der Waals surface area contributed by atoms with Gasteiger partial charge in [-0.15, -0.1) is 0 Å². The van der Waals surface area contributed by atoms with E-state index in [0.29, 0.717) is 20.8 Å². The first-order valence-electron chi connectivity index (χ1n) is 3.71. The van der Waals surface area contributed by atoms with E-state index < -0.39 is 0 Å². The SMILES string of the molecule is ClCC(Cl)C[Se]c1ccccc1. The summed E-state index contributed by atoms with van der Waals surface area (Å²) in [5.41, 5.74) is 0. The van der Waals surface area contributed by atoms with Crippen LogP contribution in [-0.4, -0.2) is 26.2 Å². The molecule has 0 radical (unpaired) electrons. The van der Waals surface area contributed by atoms with Crippen LogP contribution in [0.2, 0.25) is 5.32 Å². The van der Waals surface area contributed by atoms with E-state index in [1.807, 2.05) is 6.07 Å². The van der Waals surface area contributed by atoms with Crippen molar-refractivity contribution >= 4 is 42.6 Å². The van der Waals surface area contributed by atoms with Crippen LogP contribution < -0.4 is 4.46 Å². The van der Waals surface area contributed by atoms with Gasteiger partial charge in [-0.25, -0.2) is 0 Å². The van der Waals surface area contributed by atoms with Gasteiger partial charge in [0, 0.05) is 0 Å². The van der Waals surface area contributed by atoms with Crippen molar-refractivity contribution in [3.05, 3.63) is 30.3 Å². The molecule has 1 aromatic carbocycles. The molecule has 0 N–H and O–H groups in total.